The van der Waals surface area contributed by atoms with E-state index in [4.69, 9.17) is 0 Å². The third-order valence-corrected chi connectivity index (χ3v) is 2.35. The molecule has 0 saturated carbocycles. The number of rotatable bonds is 11. The van der Waals surface area contributed by atoms with Crippen molar-refractivity contribution in [3.63, 3.8) is 0 Å². The van der Waals surface area contributed by atoms with Crippen LogP contribution in [0.5, 0.6) is 0 Å². The highest BCUT2D eigenvalue weighted by atomic mass is 17.0. The minimum atomic E-state index is -1.00. The van der Waals surface area contributed by atoms with Crippen molar-refractivity contribution < 1.29 is 24.6 Å². The van der Waals surface area contributed by atoms with Gasteiger partial charge in [0.2, 0.25) is 0 Å². The fourth-order valence-corrected chi connectivity index (χ4v) is 1.37. The summed E-state index contributed by atoms with van der Waals surface area (Å²) in [5.74, 6) is -0.444. The van der Waals surface area contributed by atoms with Crippen LogP contribution in [-0.2, 0) is 14.5 Å². The van der Waals surface area contributed by atoms with Gasteiger partial charge < -0.3 is 9.68 Å². The van der Waals surface area contributed by atoms with Crippen LogP contribution >= 0.6 is 0 Å². The molecule has 0 spiro atoms. The van der Waals surface area contributed by atoms with Crippen LogP contribution in [0.25, 0.3) is 0 Å². The van der Waals surface area contributed by atoms with Gasteiger partial charge in [0.05, 0.1) is 0 Å². The van der Waals surface area contributed by atoms with Gasteiger partial charge >= 0.3 is 0 Å². The van der Waals surface area contributed by atoms with E-state index in [0.717, 1.165) is 0 Å². The second-order valence-corrected chi connectivity index (χ2v) is 4.58. The highest BCUT2D eigenvalue weighted by Gasteiger charge is 2.17. The van der Waals surface area contributed by atoms with Crippen LogP contribution in [0.1, 0.15) is 33.1 Å². The molecule has 0 aliphatic rings. The molecule has 9 nitrogen and oxygen atoms in total. The first kappa shape index (κ1) is 17.1. The summed E-state index contributed by atoms with van der Waals surface area (Å²) in [6.07, 6.45) is 1.01. The molecule has 0 atom stereocenters. The van der Waals surface area contributed by atoms with Crippen LogP contribution in [0.15, 0.2) is 0 Å². The number of hydrogen-bond donors (Lipinski definition) is 0. The highest BCUT2D eigenvalue weighted by molar-refractivity contribution is 5.78. The predicted octanol–water partition coefficient (Wildman–Crippen LogP) is 1.41. The number of Topliss-reactive ketones (excluding diaryl/α,β-unsaturated/α-hetero) is 1. The van der Waals surface area contributed by atoms with Gasteiger partial charge in [0.25, 0.3) is 10.2 Å². The molecule has 0 fully saturated rings. The lowest BCUT2D eigenvalue weighted by Crippen LogP contribution is -2.23. The topological polar surface area (TPSA) is 122 Å². The summed E-state index contributed by atoms with van der Waals surface area (Å²) in [5, 5.41) is 18.1. The molecule has 110 valence electrons. The van der Waals surface area contributed by atoms with E-state index in [9.17, 15) is 25.0 Å². The van der Waals surface area contributed by atoms with Crippen molar-refractivity contribution in [2.45, 2.75) is 33.1 Å². The summed E-state index contributed by atoms with van der Waals surface area (Å²) in [6.45, 7) is 3.15. The second-order valence-electron chi connectivity index (χ2n) is 4.58. The van der Waals surface area contributed by atoms with E-state index in [-0.39, 0.29) is 12.2 Å². The summed E-state index contributed by atoms with van der Waals surface area (Å²) >= 11 is 0. The molecule has 0 unspecified atom stereocenters. The fraction of sp³-hybridized carbons (Fsp3) is 0.900. The Balaban J connectivity index is 4.18. The number of nitrogens with zero attached hydrogens (tertiary/aromatic N) is 2. The number of hydrogen-bond acceptors (Lipinski definition) is 7. The monoisotopic (exact) mass is 278 g/mol. The van der Waals surface area contributed by atoms with Crippen molar-refractivity contribution in [1.82, 2.24) is 0 Å². The smallest absolute Gasteiger partial charge is 0.294 e. The molecule has 0 saturated heterocycles. The molecular formula is C10H18N2O7. The van der Waals surface area contributed by atoms with Gasteiger partial charge in [0.15, 0.2) is 0 Å². The Labute approximate surface area is 110 Å². The molecule has 0 rings (SSSR count). The molecule has 0 aromatic carbocycles. The Morgan fingerprint density at radius 2 is 1.58 bits per heavy atom. The molecule has 9 heteroatoms. The van der Waals surface area contributed by atoms with Crippen molar-refractivity contribution in [2.24, 2.45) is 11.8 Å². The zero-order valence-electron chi connectivity index (χ0n) is 10.9. The van der Waals surface area contributed by atoms with Gasteiger partial charge in [-0.2, -0.15) is 0 Å². The number of carbonyl (C=O) groups excluding carboxylic acids is 1. The van der Waals surface area contributed by atoms with Crippen LogP contribution in [0.2, 0.25) is 0 Å². The quantitative estimate of drug-likeness (QED) is 0.413. The zero-order chi connectivity index (χ0) is 14.8. The standard InChI is InChI=1S/C10H18N2O7/c1-8(2)3-4-10(13)5-9(6-18-11(14)15)7-19-12(16)17/h8-9H,3-7H2,1-2H3. The highest BCUT2D eigenvalue weighted by Crippen LogP contribution is 2.11. The maximum Gasteiger partial charge on any atom is 0.294 e. The molecule has 0 aliphatic carbocycles. The first-order valence-electron chi connectivity index (χ1n) is 5.87. The SMILES string of the molecule is CC(C)CCC(=O)CC(CO[N+](=O)[O-])CO[N+](=O)[O-]. The van der Waals surface area contributed by atoms with Crippen molar-refractivity contribution in [2.75, 3.05) is 13.2 Å². The Hall–Kier alpha value is -1.93. The van der Waals surface area contributed by atoms with Gasteiger partial charge in [-0.25, -0.2) is 0 Å². The van der Waals surface area contributed by atoms with Gasteiger partial charge in [0, 0.05) is 18.8 Å². The van der Waals surface area contributed by atoms with E-state index in [1.54, 1.807) is 0 Å². The maximum atomic E-state index is 11.6. The van der Waals surface area contributed by atoms with Crippen molar-refractivity contribution in [3.05, 3.63) is 20.2 Å². The average Bonchev–Trinajstić information content (AvgIpc) is 2.29. The molecule has 0 amide bonds. The van der Waals surface area contributed by atoms with Crippen LogP contribution < -0.4 is 0 Å². The van der Waals surface area contributed by atoms with E-state index in [0.29, 0.717) is 18.8 Å². The lowest BCUT2D eigenvalue weighted by Gasteiger charge is -2.14. The molecule has 0 N–H and O–H groups in total. The molecule has 0 heterocycles. The lowest BCUT2D eigenvalue weighted by molar-refractivity contribution is -0.768. The predicted molar refractivity (Wildman–Crippen MR) is 63.1 cm³/mol. The van der Waals surface area contributed by atoms with Gasteiger partial charge in [0.1, 0.15) is 19.0 Å². The first-order valence-corrected chi connectivity index (χ1v) is 5.87. The molecule has 19 heavy (non-hydrogen) atoms. The van der Waals surface area contributed by atoms with Crippen LogP contribution in [0.4, 0.5) is 0 Å². The molecule has 0 aliphatic heterocycles. The minimum absolute atomic E-state index is 0.0333. The first-order chi connectivity index (χ1) is 8.81. The second kappa shape index (κ2) is 9.06. The van der Waals surface area contributed by atoms with E-state index < -0.39 is 29.3 Å². The minimum Gasteiger partial charge on any atom is -0.314 e. The Morgan fingerprint density at radius 1 is 1.11 bits per heavy atom. The molecule has 0 radical (unpaired) electrons. The van der Waals surface area contributed by atoms with Gasteiger partial charge in [-0.15, -0.1) is 20.2 Å². The largest absolute Gasteiger partial charge is 0.314 e. The van der Waals surface area contributed by atoms with E-state index >= 15 is 0 Å². The Morgan fingerprint density at radius 3 is 1.95 bits per heavy atom. The van der Waals surface area contributed by atoms with Gasteiger partial charge in [-0.1, -0.05) is 13.8 Å². The zero-order valence-corrected chi connectivity index (χ0v) is 10.9. The van der Waals surface area contributed by atoms with Crippen molar-refractivity contribution in [3.8, 4) is 0 Å². The Kier molecular flexibility index (Phi) is 8.14. The molecule has 0 bridgehead atoms. The normalized spacial score (nSPS) is 10.5. The van der Waals surface area contributed by atoms with E-state index in [1.807, 2.05) is 13.8 Å². The molecule has 0 aromatic rings. The van der Waals surface area contributed by atoms with Crippen LogP contribution in [0.3, 0.4) is 0 Å². The summed E-state index contributed by atoms with van der Waals surface area (Å²) in [4.78, 5) is 40.0. The lowest BCUT2D eigenvalue weighted by atomic mass is 9.98. The molecular weight excluding hydrogens is 260 g/mol. The molecule has 0 aromatic heterocycles. The van der Waals surface area contributed by atoms with Crippen molar-refractivity contribution >= 4 is 5.78 Å². The summed E-state index contributed by atoms with van der Waals surface area (Å²) in [6, 6.07) is 0. The van der Waals surface area contributed by atoms with Crippen molar-refractivity contribution in [1.29, 1.82) is 0 Å². The fourth-order valence-electron chi connectivity index (χ4n) is 1.37. The maximum absolute atomic E-state index is 11.6. The Bertz CT molecular complexity index is 301. The summed E-state index contributed by atoms with van der Waals surface area (Å²) in [5.41, 5.74) is 0. The van der Waals surface area contributed by atoms with Crippen LogP contribution in [-0.4, -0.2) is 29.2 Å². The number of ketones is 1. The third-order valence-electron chi connectivity index (χ3n) is 2.35. The third kappa shape index (κ3) is 10.9. The van der Waals surface area contributed by atoms with Gasteiger partial charge in [-0.3, -0.25) is 4.79 Å². The van der Waals surface area contributed by atoms with E-state index in [1.165, 1.54) is 0 Å². The van der Waals surface area contributed by atoms with E-state index in [2.05, 4.69) is 9.68 Å². The summed E-state index contributed by atoms with van der Waals surface area (Å²) < 4.78 is 0. The van der Waals surface area contributed by atoms with Gasteiger partial charge in [-0.05, 0) is 12.3 Å². The summed E-state index contributed by atoms with van der Waals surface area (Å²) in [7, 11) is 0. The average molecular weight is 278 g/mol. The van der Waals surface area contributed by atoms with Crippen LogP contribution in [0, 0.1) is 32.1 Å². The number of carbonyl (C=O) groups is 1.